The van der Waals surface area contributed by atoms with E-state index in [-0.39, 0.29) is 23.6 Å². The van der Waals surface area contributed by atoms with Crippen molar-refractivity contribution < 1.29 is 18.3 Å². The van der Waals surface area contributed by atoms with E-state index in [1.807, 2.05) is 0 Å². The maximum atomic E-state index is 13.3. The Morgan fingerprint density at radius 2 is 1.96 bits per heavy atom. The van der Waals surface area contributed by atoms with Crippen molar-refractivity contribution >= 4 is 6.03 Å². The highest BCUT2D eigenvalue weighted by Gasteiger charge is 2.09. The van der Waals surface area contributed by atoms with E-state index < -0.39 is 5.82 Å². The highest BCUT2D eigenvalue weighted by molar-refractivity contribution is 5.74. The van der Waals surface area contributed by atoms with E-state index in [9.17, 15) is 13.6 Å². The van der Waals surface area contributed by atoms with Gasteiger partial charge in [0.2, 0.25) is 0 Å². The minimum atomic E-state index is -0.410. The molecule has 2 rings (SSSR count). The van der Waals surface area contributed by atoms with Crippen molar-refractivity contribution in [2.75, 3.05) is 13.2 Å². The highest BCUT2D eigenvalue weighted by Crippen LogP contribution is 2.15. The predicted molar refractivity (Wildman–Crippen MR) is 87.9 cm³/mol. The molecule has 0 spiro atoms. The van der Waals surface area contributed by atoms with Crippen LogP contribution in [0, 0.1) is 11.6 Å². The molecule has 4 nitrogen and oxygen atoms in total. The van der Waals surface area contributed by atoms with Crippen molar-refractivity contribution in [3.8, 4) is 5.75 Å². The second-order valence-electron chi connectivity index (χ2n) is 5.31. The maximum Gasteiger partial charge on any atom is 0.315 e. The standard InChI is InChI=1S/C18H20F2N2O2/c1-13(14-6-4-7-15(19)12-14)22-18(23)21-10-5-11-24-17-9-3-2-8-16(17)20/h2-4,6-9,12-13H,5,10-11H2,1H3,(H2,21,22,23)/t13-/m1/s1. The molecule has 0 aliphatic heterocycles. The van der Waals surface area contributed by atoms with Gasteiger partial charge >= 0.3 is 6.03 Å². The van der Waals surface area contributed by atoms with Gasteiger partial charge in [-0.05, 0) is 43.2 Å². The molecule has 0 aromatic heterocycles. The Morgan fingerprint density at radius 3 is 2.71 bits per heavy atom. The summed E-state index contributed by atoms with van der Waals surface area (Å²) in [6.07, 6.45) is 0.538. The fraction of sp³-hybridized carbons (Fsp3) is 0.278. The van der Waals surface area contributed by atoms with Crippen molar-refractivity contribution in [2.45, 2.75) is 19.4 Å². The maximum absolute atomic E-state index is 13.3. The van der Waals surface area contributed by atoms with E-state index in [0.29, 0.717) is 25.1 Å². The van der Waals surface area contributed by atoms with Crippen molar-refractivity contribution in [1.82, 2.24) is 10.6 Å². The number of carbonyl (C=O) groups is 1. The van der Waals surface area contributed by atoms with Gasteiger partial charge in [-0.3, -0.25) is 0 Å². The molecule has 24 heavy (non-hydrogen) atoms. The lowest BCUT2D eigenvalue weighted by atomic mass is 10.1. The molecule has 0 fully saturated rings. The molecule has 0 aliphatic carbocycles. The molecule has 0 radical (unpaired) electrons. The first-order valence-electron chi connectivity index (χ1n) is 7.73. The number of urea groups is 1. The summed E-state index contributed by atoms with van der Waals surface area (Å²) >= 11 is 0. The zero-order valence-corrected chi connectivity index (χ0v) is 13.4. The second kappa shape index (κ2) is 8.86. The summed E-state index contributed by atoms with van der Waals surface area (Å²) in [7, 11) is 0. The number of nitrogens with one attached hydrogen (secondary N) is 2. The molecule has 0 saturated heterocycles. The van der Waals surface area contributed by atoms with E-state index in [1.165, 1.54) is 18.2 Å². The van der Waals surface area contributed by atoms with Crippen LogP contribution in [0.4, 0.5) is 13.6 Å². The summed E-state index contributed by atoms with van der Waals surface area (Å²) in [5.74, 6) is -0.555. The Bertz CT molecular complexity index is 680. The van der Waals surface area contributed by atoms with Gasteiger partial charge in [0.05, 0.1) is 12.6 Å². The Kier molecular flexibility index (Phi) is 6.54. The number of halogens is 2. The smallest absolute Gasteiger partial charge is 0.315 e. The number of amides is 2. The van der Waals surface area contributed by atoms with E-state index >= 15 is 0 Å². The van der Waals surface area contributed by atoms with E-state index in [4.69, 9.17) is 4.74 Å². The van der Waals surface area contributed by atoms with Crippen LogP contribution in [0.1, 0.15) is 24.9 Å². The lowest BCUT2D eigenvalue weighted by Crippen LogP contribution is -2.37. The average Bonchev–Trinajstić information content (AvgIpc) is 2.56. The average molecular weight is 334 g/mol. The molecule has 0 heterocycles. The normalized spacial score (nSPS) is 11.6. The molecule has 1 atom stereocenters. The van der Waals surface area contributed by atoms with E-state index in [0.717, 1.165) is 0 Å². The molecule has 128 valence electrons. The summed E-state index contributed by atoms with van der Waals surface area (Å²) in [6, 6.07) is 11.6. The van der Waals surface area contributed by atoms with Crippen molar-refractivity contribution in [3.63, 3.8) is 0 Å². The molecule has 0 bridgehead atoms. The van der Waals surface area contributed by atoms with Crippen LogP contribution in [0.3, 0.4) is 0 Å². The minimum Gasteiger partial charge on any atom is -0.490 e. The van der Waals surface area contributed by atoms with E-state index in [2.05, 4.69) is 10.6 Å². The van der Waals surface area contributed by atoms with Crippen LogP contribution in [-0.4, -0.2) is 19.2 Å². The van der Waals surface area contributed by atoms with Crippen LogP contribution in [0.5, 0.6) is 5.75 Å². The fourth-order valence-corrected chi connectivity index (χ4v) is 2.12. The Morgan fingerprint density at radius 1 is 1.17 bits per heavy atom. The number of rotatable bonds is 7. The molecular weight excluding hydrogens is 314 g/mol. The van der Waals surface area contributed by atoms with Gasteiger partial charge in [-0.2, -0.15) is 0 Å². The monoisotopic (exact) mass is 334 g/mol. The quantitative estimate of drug-likeness (QED) is 0.757. The SMILES string of the molecule is C[C@@H](NC(=O)NCCCOc1ccccc1F)c1cccc(F)c1. The molecule has 0 aliphatic rings. The lowest BCUT2D eigenvalue weighted by Gasteiger charge is -2.15. The first-order valence-corrected chi connectivity index (χ1v) is 7.73. The zero-order chi connectivity index (χ0) is 17.4. The number of ether oxygens (including phenoxy) is 1. The van der Waals surface area contributed by atoms with Gasteiger partial charge in [-0.15, -0.1) is 0 Å². The highest BCUT2D eigenvalue weighted by atomic mass is 19.1. The first kappa shape index (κ1) is 17.7. The summed E-state index contributed by atoms with van der Waals surface area (Å²) < 4.78 is 31.8. The van der Waals surface area contributed by atoms with Crippen LogP contribution in [0.15, 0.2) is 48.5 Å². The Hall–Kier alpha value is -2.63. The van der Waals surface area contributed by atoms with Gasteiger partial charge in [-0.25, -0.2) is 13.6 Å². The third-order valence-corrected chi connectivity index (χ3v) is 3.40. The van der Waals surface area contributed by atoms with Crippen molar-refractivity contribution in [3.05, 3.63) is 65.7 Å². The molecule has 2 aromatic rings. The van der Waals surface area contributed by atoms with Crippen molar-refractivity contribution in [2.24, 2.45) is 0 Å². The van der Waals surface area contributed by atoms with Crippen LogP contribution >= 0.6 is 0 Å². The molecular formula is C18H20F2N2O2. The third-order valence-electron chi connectivity index (χ3n) is 3.40. The largest absolute Gasteiger partial charge is 0.490 e. The van der Waals surface area contributed by atoms with Gasteiger partial charge in [0, 0.05) is 6.54 Å². The van der Waals surface area contributed by atoms with Crippen LogP contribution in [-0.2, 0) is 0 Å². The molecule has 0 unspecified atom stereocenters. The molecule has 6 heteroatoms. The van der Waals surface area contributed by atoms with Gasteiger partial charge in [0.25, 0.3) is 0 Å². The number of carbonyl (C=O) groups excluding carboxylic acids is 1. The van der Waals surface area contributed by atoms with Crippen molar-refractivity contribution in [1.29, 1.82) is 0 Å². The Labute approximate surface area is 139 Å². The van der Waals surface area contributed by atoms with E-state index in [1.54, 1.807) is 37.3 Å². The van der Waals surface area contributed by atoms with Crippen LogP contribution in [0.2, 0.25) is 0 Å². The predicted octanol–water partition coefficient (Wildman–Crippen LogP) is 3.79. The molecule has 2 N–H and O–H groups in total. The van der Waals surface area contributed by atoms with Gasteiger partial charge in [0.1, 0.15) is 5.82 Å². The fourth-order valence-electron chi connectivity index (χ4n) is 2.12. The third kappa shape index (κ3) is 5.53. The second-order valence-corrected chi connectivity index (χ2v) is 5.31. The Balaban J connectivity index is 1.65. The van der Waals surface area contributed by atoms with Gasteiger partial charge < -0.3 is 15.4 Å². The molecule has 2 aromatic carbocycles. The van der Waals surface area contributed by atoms with Gasteiger partial charge in [-0.1, -0.05) is 24.3 Å². The number of hydrogen-bond donors (Lipinski definition) is 2. The number of hydrogen-bond acceptors (Lipinski definition) is 2. The topological polar surface area (TPSA) is 50.4 Å². The zero-order valence-electron chi connectivity index (χ0n) is 13.4. The summed E-state index contributed by atoms with van der Waals surface area (Å²) in [4.78, 5) is 11.8. The molecule has 0 saturated carbocycles. The summed E-state index contributed by atoms with van der Waals surface area (Å²) in [6.45, 7) is 2.45. The first-order chi connectivity index (χ1) is 11.6. The van der Waals surface area contributed by atoms with Gasteiger partial charge in [0.15, 0.2) is 11.6 Å². The summed E-state index contributed by atoms with van der Waals surface area (Å²) in [5.41, 5.74) is 0.688. The lowest BCUT2D eigenvalue weighted by molar-refractivity contribution is 0.236. The van der Waals surface area contributed by atoms with Crippen LogP contribution < -0.4 is 15.4 Å². The number of para-hydroxylation sites is 1. The minimum absolute atomic E-state index is 0.196. The number of benzene rings is 2. The molecule has 2 amide bonds. The van der Waals surface area contributed by atoms with Crippen LogP contribution in [0.25, 0.3) is 0 Å². The summed E-state index contributed by atoms with van der Waals surface area (Å²) in [5, 5.41) is 5.40.